The van der Waals surface area contributed by atoms with E-state index in [0.29, 0.717) is 12.2 Å². The Bertz CT molecular complexity index is 478. The number of carbonyl (C=O) groups excluding carboxylic acids is 1. The fourth-order valence-electron chi connectivity index (χ4n) is 3.17. The van der Waals surface area contributed by atoms with Gasteiger partial charge in [-0.05, 0) is 44.2 Å². The molecule has 0 aliphatic carbocycles. The highest BCUT2D eigenvalue weighted by atomic mass is 16.5. The summed E-state index contributed by atoms with van der Waals surface area (Å²) in [5.74, 6) is -0.205. The standard InChI is InChI=1S/C25H40O2/c1-2-3-4-5-6-7-8-9-10-11-12-13-14-15-16-20-23-27-25(26)24-21-18-17-19-22-24/h9-10,17-19,21-22H,2-8,11-16,20,23H2,1H3/b10-9-. The monoisotopic (exact) mass is 372 g/mol. The molecule has 0 aliphatic heterocycles. The quantitative estimate of drug-likeness (QED) is 0.158. The van der Waals surface area contributed by atoms with Crippen LogP contribution < -0.4 is 0 Å². The predicted octanol–water partition coefficient (Wildman–Crippen LogP) is 7.88. The molecule has 1 rings (SSSR count). The molecule has 0 N–H and O–H groups in total. The molecule has 1 aromatic carbocycles. The summed E-state index contributed by atoms with van der Waals surface area (Å²) in [6.07, 6.45) is 22.8. The minimum atomic E-state index is -0.205. The number of benzene rings is 1. The van der Waals surface area contributed by atoms with Gasteiger partial charge in [0.25, 0.3) is 0 Å². The van der Waals surface area contributed by atoms with E-state index in [9.17, 15) is 4.79 Å². The second-order valence-electron chi connectivity index (χ2n) is 7.44. The molecule has 0 atom stereocenters. The third-order valence-corrected chi connectivity index (χ3v) is 4.90. The van der Waals surface area contributed by atoms with Crippen molar-refractivity contribution in [1.29, 1.82) is 0 Å². The van der Waals surface area contributed by atoms with Gasteiger partial charge in [-0.15, -0.1) is 0 Å². The van der Waals surface area contributed by atoms with Crippen molar-refractivity contribution in [2.45, 2.75) is 96.8 Å². The minimum Gasteiger partial charge on any atom is -0.462 e. The number of allylic oxidation sites excluding steroid dienone is 2. The Morgan fingerprint density at radius 3 is 1.85 bits per heavy atom. The van der Waals surface area contributed by atoms with Crippen LogP contribution in [0.1, 0.15) is 107 Å². The van der Waals surface area contributed by atoms with Gasteiger partial charge in [0.05, 0.1) is 12.2 Å². The molecule has 0 spiro atoms. The highest BCUT2D eigenvalue weighted by molar-refractivity contribution is 5.89. The topological polar surface area (TPSA) is 26.3 Å². The van der Waals surface area contributed by atoms with Crippen molar-refractivity contribution in [2.24, 2.45) is 0 Å². The second kappa shape index (κ2) is 17.8. The summed E-state index contributed by atoms with van der Waals surface area (Å²) in [5, 5.41) is 0. The number of hydrogen-bond acceptors (Lipinski definition) is 2. The molecule has 0 heterocycles. The van der Waals surface area contributed by atoms with E-state index >= 15 is 0 Å². The van der Waals surface area contributed by atoms with E-state index in [2.05, 4.69) is 19.1 Å². The second-order valence-corrected chi connectivity index (χ2v) is 7.44. The number of carbonyl (C=O) groups is 1. The fourth-order valence-corrected chi connectivity index (χ4v) is 3.17. The number of rotatable bonds is 17. The van der Waals surface area contributed by atoms with Crippen LogP contribution in [0.2, 0.25) is 0 Å². The molecular weight excluding hydrogens is 332 g/mol. The zero-order valence-corrected chi connectivity index (χ0v) is 17.5. The summed E-state index contributed by atoms with van der Waals surface area (Å²) in [5.41, 5.74) is 0.641. The van der Waals surface area contributed by atoms with Crippen molar-refractivity contribution < 1.29 is 9.53 Å². The van der Waals surface area contributed by atoms with Crippen molar-refractivity contribution in [3.63, 3.8) is 0 Å². The molecule has 0 bridgehead atoms. The predicted molar refractivity (Wildman–Crippen MR) is 116 cm³/mol. The average molecular weight is 373 g/mol. The van der Waals surface area contributed by atoms with Gasteiger partial charge < -0.3 is 4.74 Å². The Morgan fingerprint density at radius 1 is 0.741 bits per heavy atom. The average Bonchev–Trinajstić information content (AvgIpc) is 2.70. The molecule has 0 saturated carbocycles. The maximum absolute atomic E-state index is 11.8. The zero-order valence-electron chi connectivity index (χ0n) is 17.5. The van der Waals surface area contributed by atoms with E-state index < -0.39 is 0 Å². The van der Waals surface area contributed by atoms with Crippen LogP contribution in [0.25, 0.3) is 0 Å². The Labute approximate surface area is 167 Å². The molecule has 0 aliphatic rings. The van der Waals surface area contributed by atoms with Crippen LogP contribution in [0, 0.1) is 0 Å². The number of hydrogen-bond donors (Lipinski definition) is 0. The third kappa shape index (κ3) is 14.2. The summed E-state index contributed by atoms with van der Waals surface area (Å²) in [6.45, 7) is 2.81. The van der Waals surface area contributed by atoms with Crippen LogP contribution in [0.15, 0.2) is 42.5 Å². The molecule has 2 heteroatoms. The molecule has 1 aromatic rings. The molecule has 0 unspecified atom stereocenters. The SMILES string of the molecule is CCCCCCCC/C=C\CCCCCCCCOC(=O)c1ccccc1. The molecule has 0 saturated heterocycles. The Hall–Kier alpha value is -1.57. The van der Waals surface area contributed by atoms with E-state index in [1.165, 1.54) is 77.0 Å². The number of ether oxygens (including phenoxy) is 1. The van der Waals surface area contributed by atoms with Crippen LogP contribution in [-0.2, 0) is 4.74 Å². The highest BCUT2D eigenvalue weighted by Crippen LogP contribution is 2.10. The van der Waals surface area contributed by atoms with Crippen molar-refractivity contribution in [3.8, 4) is 0 Å². The van der Waals surface area contributed by atoms with Crippen LogP contribution in [0.3, 0.4) is 0 Å². The molecule has 0 amide bonds. The lowest BCUT2D eigenvalue weighted by molar-refractivity contribution is 0.0497. The smallest absolute Gasteiger partial charge is 0.338 e. The fraction of sp³-hybridized carbons (Fsp3) is 0.640. The van der Waals surface area contributed by atoms with E-state index in [1.807, 2.05) is 18.2 Å². The largest absolute Gasteiger partial charge is 0.462 e. The number of esters is 1. The first-order valence-electron chi connectivity index (χ1n) is 11.2. The first-order chi connectivity index (χ1) is 13.3. The van der Waals surface area contributed by atoms with Gasteiger partial charge in [-0.2, -0.15) is 0 Å². The lowest BCUT2D eigenvalue weighted by atomic mass is 10.1. The maximum Gasteiger partial charge on any atom is 0.338 e. The third-order valence-electron chi connectivity index (χ3n) is 4.90. The van der Waals surface area contributed by atoms with Crippen LogP contribution in [-0.4, -0.2) is 12.6 Å². The van der Waals surface area contributed by atoms with Crippen molar-refractivity contribution in [2.75, 3.05) is 6.61 Å². The van der Waals surface area contributed by atoms with Gasteiger partial charge in [0.15, 0.2) is 0 Å². The molecule has 27 heavy (non-hydrogen) atoms. The van der Waals surface area contributed by atoms with Gasteiger partial charge in [0.1, 0.15) is 0 Å². The summed E-state index contributed by atoms with van der Waals surface area (Å²) in [4.78, 5) is 11.8. The summed E-state index contributed by atoms with van der Waals surface area (Å²) in [6, 6.07) is 9.22. The van der Waals surface area contributed by atoms with Crippen molar-refractivity contribution in [3.05, 3.63) is 48.0 Å². The van der Waals surface area contributed by atoms with Crippen LogP contribution in [0.5, 0.6) is 0 Å². The van der Waals surface area contributed by atoms with Gasteiger partial charge in [-0.1, -0.05) is 95.1 Å². The lowest BCUT2D eigenvalue weighted by Gasteiger charge is -2.04. The minimum absolute atomic E-state index is 0.205. The summed E-state index contributed by atoms with van der Waals surface area (Å²) >= 11 is 0. The molecule has 2 nitrogen and oxygen atoms in total. The Kier molecular flexibility index (Phi) is 15.5. The molecular formula is C25H40O2. The van der Waals surface area contributed by atoms with E-state index in [4.69, 9.17) is 4.74 Å². The number of unbranched alkanes of at least 4 members (excludes halogenated alkanes) is 12. The van der Waals surface area contributed by atoms with E-state index in [-0.39, 0.29) is 5.97 Å². The van der Waals surface area contributed by atoms with E-state index in [0.717, 1.165) is 12.8 Å². The van der Waals surface area contributed by atoms with Gasteiger partial charge in [0.2, 0.25) is 0 Å². The Morgan fingerprint density at radius 2 is 1.26 bits per heavy atom. The normalized spacial score (nSPS) is 11.1. The van der Waals surface area contributed by atoms with Gasteiger partial charge >= 0.3 is 5.97 Å². The molecule has 0 radical (unpaired) electrons. The van der Waals surface area contributed by atoms with Gasteiger partial charge in [-0.3, -0.25) is 0 Å². The van der Waals surface area contributed by atoms with Crippen molar-refractivity contribution >= 4 is 5.97 Å². The van der Waals surface area contributed by atoms with Gasteiger partial charge in [0, 0.05) is 0 Å². The first-order valence-corrected chi connectivity index (χ1v) is 11.2. The molecule has 0 aromatic heterocycles. The van der Waals surface area contributed by atoms with Crippen LogP contribution >= 0.6 is 0 Å². The van der Waals surface area contributed by atoms with Crippen molar-refractivity contribution in [1.82, 2.24) is 0 Å². The highest BCUT2D eigenvalue weighted by Gasteiger charge is 2.04. The molecule has 152 valence electrons. The molecule has 0 fully saturated rings. The van der Waals surface area contributed by atoms with Crippen LogP contribution in [0.4, 0.5) is 0 Å². The lowest BCUT2D eigenvalue weighted by Crippen LogP contribution is -2.06. The maximum atomic E-state index is 11.8. The van der Waals surface area contributed by atoms with E-state index in [1.54, 1.807) is 12.1 Å². The zero-order chi connectivity index (χ0) is 19.4. The summed E-state index contributed by atoms with van der Waals surface area (Å²) in [7, 11) is 0. The first kappa shape index (κ1) is 23.5. The van der Waals surface area contributed by atoms with Gasteiger partial charge in [-0.25, -0.2) is 4.79 Å². The Balaban J connectivity index is 1.80. The summed E-state index contributed by atoms with van der Waals surface area (Å²) < 4.78 is 5.30.